The van der Waals surface area contributed by atoms with Crippen molar-refractivity contribution in [2.45, 2.75) is 38.8 Å². The lowest BCUT2D eigenvalue weighted by molar-refractivity contribution is -0.136. The first kappa shape index (κ1) is 12.7. The first-order valence-electron chi connectivity index (χ1n) is 7.31. The third-order valence-corrected chi connectivity index (χ3v) is 4.12. The monoisotopic (exact) mass is 258 g/mol. The Bertz CT molecular complexity index is 462. The maximum absolute atomic E-state index is 12.6. The van der Waals surface area contributed by atoms with E-state index in [1.165, 1.54) is 24.0 Å². The van der Waals surface area contributed by atoms with Crippen LogP contribution < -0.4 is 5.32 Å². The van der Waals surface area contributed by atoms with Gasteiger partial charge in [0.2, 0.25) is 5.91 Å². The van der Waals surface area contributed by atoms with Crippen molar-refractivity contribution in [3.8, 4) is 0 Å². The van der Waals surface area contributed by atoms with Crippen molar-refractivity contribution in [3.05, 3.63) is 35.4 Å². The van der Waals surface area contributed by atoms with E-state index in [1.54, 1.807) is 0 Å². The van der Waals surface area contributed by atoms with E-state index < -0.39 is 0 Å². The first-order chi connectivity index (χ1) is 9.24. The molecular weight excluding hydrogens is 236 g/mol. The molecule has 3 heteroatoms. The third kappa shape index (κ3) is 2.98. The van der Waals surface area contributed by atoms with Crippen LogP contribution in [0, 0.1) is 12.8 Å². The standard InChI is InChI=1S/C16H22N2O/c1-12-3-2-4-13(9-12)11-18(15-5-6-15)16(19)14-7-8-17-10-14/h2-4,9,14-15,17H,5-8,10-11H2,1H3. The average Bonchev–Trinajstić information content (AvgIpc) is 3.09. The van der Waals surface area contributed by atoms with Crippen LogP contribution in [0.3, 0.4) is 0 Å². The molecule has 2 aliphatic rings. The van der Waals surface area contributed by atoms with Crippen molar-refractivity contribution in [2.24, 2.45) is 5.92 Å². The summed E-state index contributed by atoms with van der Waals surface area (Å²) < 4.78 is 0. The fraction of sp³-hybridized carbons (Fsp3) is 0.562. The van der Waals surface area contributed by atoms with Gasteiger partial charge in [0.1, 0.15) is 0 Å². The van der Waals surface area contributed by atoms with Crippen LogP contribution in [0.15, 0.2) is 24.3 Å². The fourth-order valence-corrected chi connectivity index (χ4v) is 2.88. The zero-order valence-electron chi connectivity index (χ0n) is 11.6. The second-order valence-corrected chi connectivity index (χ2v) is 5.88. The van der Waals surface area contributed by atoms with Gasteiger partial charge in [-0.1, -0.05) is 29.8 Å². The van der Waals surface area contributed by atoms with Crippen molar-refractivity contribution >= 4 is 5.91 Å². The summed E-state index contributed by atoms with van der Waals surface area (Å²) in [6.07, 6.45) is 3.35. The van der Waals surface area contributed by atoms with Crippen LogP contribution in [-0.4, -0.2) is 29.9 Å². The third-order valence-electron chi connectivity index (χ3n) is 4.12. The lowest BCUT2D eigenvalue weighted by Gasteiger charge is -2.25. The van der Waals surface area contributed by atoms with Gasteiger partial charge in [-0.3, -0.25) is 4.79 Å². The maximum atomic E-state index is 12.6. The Kier molecular flexibility index (Phi) is 3.56. The number of hydrogen-bond donors (Lipinski definition) is 1. The zero-order chi connectivity index (χ0) is 13.2. The van der Waals surface area contributed by atoms with Crippen LogP contribution in [0.25, 0.3) is 0 Å². The Balaban J connectivity index is 1.72. The molecule has 1 aliphatic heterocycles. The molecule has 1 heterocycles. The van der Waals surface area contributed by atoms with Gasteiger partial charge in [-0.2, -0.15) is 0 Å². The van der Waals surface area contributed by atoms with Gasteiger partial charge >= 0.3 is 0 Å². The molecular formula is C16H22N2O. The Morgan fingerprint density at radius 1 is 1.37 bits per heavy atom. The van der Waals surface area contributed by atoms with Crippen LogP contribution in [0.2, 0.25) is 0 Å². The molecule has 0 radical (unpaired) electrons. The van der Waals surface area contributed by atoms with Gasteiger partial charge in [-0.25, -0.2) is 0 Å². The molecule has 1 amide bonds. The molecule has 102 valence electrons. The van der Waals surface area contributed by atoms with E-state index in [0.717, 1.165) is 26.1 Å². The summed E-state index contributed by atoms with van der Waals surface area (Å²) in [6.45, 7) is 4.73. The molecule has 19 heavy (non-hydrogen) atoms. The summed E-state index contributed by atoms with van der Waals surface area (Å²) in [6, 6.07) is 9.00. The predicted octanol–water partition coefficient (Wildman–Crippen LogP) is 2.10. The second-order valence-electron chi connectivity index (χ2n) is 5.88. The van der Waals surface area contributed by atoms with Crippen LogP contribution in [0.4, 0.5) is 0 Å². The molecule has 0 aromatic heterocycles. The molecule has 0 bridgehead atoms. The minimum absolute atomic E-state index is 0.199. The topological polar surface area (TPSA) is 32.3 Å². The SMILES string of the molecule is Cc1cccc(CN(C(=O)C2CCNC2)C2CC2)c1. The highest BCUT2D eigenvalue weighted by atomic mass is 16.2. The molecule has 3 nitrogen and oxygen atoms in total. The van der Waals surface area contributed by atoms with Crippen LogP contribution in [0.1, 0.15) is 30.4 Å². The fourth-order valence-electron chi connectivity index (χ4n) is 2.88. The molecule has 1 unspecified atom stereocenters. The number of benzene rings is 1. The van der Waals surface area contributed by atoms with E-state index in [1.807, 2.05) is 0 Å². The summed E-state index contributed by atoms with van der Waals surface area (Å²) in [4.78, 5) is 14.7. The Hall–Kier alpha value is -1.35. The molecule has 3 rings (SSSR count). The molecule has 1 N–H and O–H groups in total. The van der Waals surface area contributed by atoms with Gasteiger partial charge in [-0.15, -0.1) is 0 Å². The number of amides is 1. The second kappa shape index (κ2) is 5.33. The van der Waals surface area contributed by atoms with Gasteiger partial charge < -0.3 is 10.2 Å². The number of nitrogens with zero attached hydrogens (tertiary/aromatic N) is 1. The van der Waals surface area contributed by atoms with Gasteiger partial charge in [0.05, 0.1) is 5.92 Å². The molecule has 1 aromatic carbocycles. The highest BCUT2D eigenvalue weighted by Gasteiger charge is 2.36. The number of carbonyl (C=O) groups is 1. The molecule has 1 saturated heterocycles. The van der Waals surface area contributed by atoms with Crippen molar-refractivity contribution in [1.29, 1.82) is 0 Å². The van der Waals surface area contributed by atoms with Crippen molar-refractivity contribution in [2.75, 3.05) is 13.1 Å². The average molecular weight is 258 g/mol. The largest absolute Gasteiger partial charge is 0.335 e. The summed E-state index contributed by atoms with van der Waals surface area (Å²) in [5.74, 6) is 0.555. The predicted molar refractivity (Wildman–Crippen MR) is 75.7 cm³/mol. The van der Waals surface area contributed by atoms with E-state index in [2.05, 4.69) is 41.4 Å². The molecule has 1 aliphatic carbocycles. The van der Waals surface area contributed by atoms with Gasteiger partial charge in [0.25, 0.3) is 0 Å². The first-order valence-corrected chi connectivity index (χ1v) is 7.31. The lowest BCUT2D eigenvalue weighted by atomic mass is 10.1. The number of carbonyl (C=O) groups excluding carboxylic acids is 1. The maximum Gasteiger partial charge on any atom is 0.227 e. The quantitative estimate of drug-likeness (QED) is 0.897. The Morgan fingerprint density at radius 3 is 2.84 bits per heavy atom. The highest BCUT2D eigenvalue weighted by molar-refractivity contribution is 5.80. The molecule has 1 aromatic rings. The van der Waals surface area contributed by atoms with Crippen LogP contribution >= 0.6 is 0 Å². The zero-order valence-corrected chi connectivity index (χ0v) is 11.6. The molecule has 1 saturated carbocycles. The molecule has 1 atom stereocenters. The van der Waals surface area contributed by atoms with E-state index in [0.29, 0.717) is 11.9 Å². The van der Waals surface area contributed by atoms with E-state index in [9.17, 15) is 4.79 Å². The number of nitrogens with one attached hydrogen (secondary N) is 1. The Labute approximate surface area is 115 Å². The smallest absolute Gasteiger partial charge is 0.227 e. The summed E-state index contributed by atoms with van der Waals surface area (Å²) >= 11 is 0. The number of hydrogen-bond acceptors (Lipinski definition) is 2. The summed E-state index contributed by atoms with van der Waals surface area (Å²) in [7, 11) is 0. The number of aryl methyl sites for hydroxylation is 1. The van der Waals surface area contributed by atoms with Crippen LogP contribution in [0.5, 0.6) is 0 Å². The van der Waals surface area contributed by atoms with E-state index >= 15 is 0 Å². The van der Waals surface area contributed by atoms with Crippen molar-refractivity contribution in [3.63, 3.8) is 0 Å². The van der Waals surface area contributed by atoms with Crippen molar-refractivity contribution < 1.29 is 4.79 Å². The van der Waals surface area contributed by atoms with Gasteiger partial charge in [0.15, 0.2) is 0 Å². The summed E-state index contributed by atoms with van der Waals surface area (Å²) in [5.41, 5.74) is 2.52. The minimum atomic E-state index is 0.199. The van der Waals surface area contributed by atoms with Crippen molar-refractivity contribution in [1.82, 2.24) is 10.2 Å². The minimum Gasteiger partial charge on any atom is -0.335 e. The van der Waals surface area contributed by atoms with Crippen LogP contribution in [-0.2, 0) is 11.3 Å². The summed E-state index contributed by atoms with van der Waals surface area (Å²) in [5, 5.41) is 3.29. The number of rotatable bonds is 4. The Morgan fingerprint density at radius 2 is 2.21 bits per heavy atom. The van der Waals surface area contributed by atoms with Gasteiger partial charge in [0, 0.05) is 19.1 Å². The molecule has 0 spiro atoms. The molecule has 2 fully saturated rings. The van der Waals surface area contributed by atoms with E-state index in [-0.39, 0.29) is 5.92 Å². The van der Waals surface area contributed by atoms with E-state index in [4.69, 9.17) is 0 Å². The lowest BCUT2D eigenvalue weighted by Crippen LogP contribution is -2.38. The normalized spacial score (nSPS) is 22.5. The van der Waals surface area contributed by atoms with Gasteiger partial charge in [-0.05, 0) is 38.3 Å². The highest BCUT2D eigenvalue weighted by Crippen LogP contribution is 2.30.